The van der Waals surface area contributed by atoms with Crippen molar-refractivity contribution in [2.24, 2.45) is 0 Å². The predicted molar refractivity (Wildman–Crippen MR) is 144 cm³/mol. The number of hydrogen-bond donors (Lipinski definition) is 2. The minimum absolute atomic E-state index is 0.0196. The van der Waals surface area contributed by atoms with Crippen molar-refractivity contribution in [1.82, 2.24) is 9.88 Å². The number of carbonyl (C=O) groups excluding carboxylic acids is 4. The molecule has 1 aromatic heterocycles. The molecule has 0 spiro atoms. The van der Waals surface area contributed by atoms with Gasteiger partial charge in [-0.1, -0.05) is 29.8 Å². The van der Waals surface area contributed by atoms with Gasteiger partial charge in [0, 0.05) is 39.4 Å². The van der Waals surface area contributed by atoms with Crippen LogP contribution in [0.1, 0.15) is 5.56 Å². The van der Waals surface area contributed by atoms with Gasteiger partial charge in [0.2, 0.25) is 12.7 Å². The fourth-order valence-corrected chi connectivity index (χ4v) is 4.61. The van der Waals surface area contributed by atoms with Crippen molar-refractivity contribution in [3.63, 3.8) is 0 Å². The summed E-state index contributed by atoms with van der Waals surface area (Å²) in [5.74, 6) is -1.01. The first-order chi connectivity index (χ1) is 18.9. The molecule has 0 aliphatic carbocycles. The molecule has 1 saturated heterocycles. The number of halogens is 1. The molecule has 194 valence electrons. The number of anilines is 2. The van der Waals surface area contributed by atoms with E-state index in [1.807, 2.05) is 24.3 Å². The van der Waals surface area contributed by atoms with Gasteiger partial charge in [-0.2, -0.15) is 0 Å². The molecule has 3 aromatic carbocycles. The minimum Gasteiger partial charge on any atom is -0.454 e. The zero-order valence-electron chi connectivity index (χ0n) is 20.1. The SMILES string of the molecule is O=C(Cn1cc(/C=C2\C(=O)NC(=O)N(c3ccc4c(c3)OCO4)C2=O)c2ccccc21)Nc1ccc(Cl)cc1. The van der Waals surface area contributed by atoms with Crippen molar-refractivity contribution in [3.05, 3.63) is 89.1 Å². The second-order valence-corrected chi connectivity index (χ2v) is 9.22. The first kappa shape index (κ1) is 24.3. The van der Waals surface area contributed by atoms with Crippen LogP contribution in [0.25, 0.3) is 17.0 Å². The Bertz CT molecular complexity index is 1710. The van der Waals surface area contributed by atoms with Crippen molar-refractivity contribution < 1.29 is 28.7 Å². The summed E-state index contributed by atoms with van der Waals surface area (Å²) in [6.07, 6.45) is 3.10. The summed E-state index contributed by atoms with van der Waals surface area (Å²) in [6, 6.07) is 17.8. The molecule has 0 unspecified atom stereocenters. The Balaban J connectivity index is 1.32. The van der Waals surface area contributed by atoms with Gasteiger partial charge in [-0.25, -0.2) is 9.69 Å². The first-order valence-electron chi connectivity index (χ1n) is 11.8. The Morgan fingerprint density at radius 2 is 1.77 bits per heavy atom. The van der Waals surface area contributed by atoms with Crippen molar-refractivity contribution >= 4 is 63.7 Å². The molecule has 2 aliphatic heterocycles. The van der Waals surface area contributed by atoms with E-state index in [2.05, 4.69) is 10.6 Å². The maximum absolute atomic E-state index is 13.4. The number of para-hydroxylation sites is 1. The highest BCUT2D eigenvalue weighted by atomic mass is 35.5. The molecule has 0 saturated carbocycles. The maximum Gasteiger partial charge on any atom is 0.335 e. The van der Waals surface area contributed by atoms with E-state index >= 15 is 0 Å². The number of nitrogens with zero attached hydrogens (tertiary/aromatic N) is 2. The second-order valence-electron chi connectivity index (χ2n) is 8.78. The van der Waals surface area contributed by atoms with E-state index in [-0.39, 0.29) is 30.5 Å². The molecule has 2 N–H and O–H groups in total. The Hall–Kier alpha value is -5.09. The number of fused-ring (bicyclic) bond motifs is 2. The fraction of sp³-hybridized carbons (Fsp3) is 0.0714. The third kappa shape index (κ3) is 4.57. The average Bonchev–Trinajstić information content (AvgIpc) is 3.52. The summed E-state index contributed by atoms with van der Waals surface area (Å²) >= 11 is 5.91. The lowest BCUT2D eigenvalue weighted by Gasteiger charge is -2.26. The lowest BCUT2D eigenvalue weighted by atomic mass is 10.1. The fourth-order valence-electron chi connectivity index (χ4n) is 4.48. The Labute approximate surface area is 226 Å². The van der Waals surface area contributed by atoms with E-state index in [1.165, 1.54) is 18.2 Å². The van der Waals surface area contributed by atoms with Crippen molar-refractivity contribution in [2.45, 2.75) is 6.54 Å². The Morgan fingerprint density at radius 1 is 1.00 bits per heavy atom. The summed E-state index contributed by atoms with van der Waals surface area (Å²) in [7, 11) is 0. The normalized spacial score (nSPS) is 15.7. The number of nitrogens with one attached hydrogen (secondary N) is 2. The number of hydrogen-bond acceptors (Lipinski definition) is 6. The maximum atomic E-state index is 13.4. The second kappa shape index (κ2) is 9.66. The van der Waals surface area contributed by atoms with Crippen LogP contribution in [-0.2, 0) is 20.9 Å². The lowest BCUT2D eigenvalue weighted by molar-refractivity contribution is -0.122. The van der Waals surface area contributed by atoms with Crippen LogP contribution < -0.4 is 25.0 Å². The quantitative estimate of drug-likeness (QED) is 0.286. The molecular formula is C28H19ClN4O6. The number of urea groups is 1. The van der Waals surface area contributed by atoms with Gasteiger partial charge in [0.15, 0.2) is 11.5 Å². The molecule has 4 aromatic rings. The Kier molecular flexibility index (Phi) is 6.01. The number of rotatable bonds is 5. The van der Waals surface area contributed by atoms with Crippen LogP contribution in [0.15, 0.2) is 78.5 Å². The smallest absolute Gasteiger partial charge is 0.335 e. The molecule has 2 aliphatic rings. The number of benzene rings is 3. The summed E-state index contributed by atoms with van der Waals surface area (Å²) in [5.41, 5.74) is 1.84. The van der Waals surface area contributed by atoms with E-state index < -0.39 is 17.8 Å². The predicted octanol–water partition coefficient (Wildman–Crippen LogP) is 4.33. The van der Waals surface area contributed by atoms with Crippen molar-refractivity contribution in [1.29, 1.82) is 0 Å². The average molecular weight is 543 g/mol. The molecule has 11 heteroatoms. The number of imide groups is 2. The van der Waals surface area contributed by atoms with Crippen LogP contribution in [0, 0.1) is 0 Å². The zero-order valence-corrected chi connectivity index (χ0v) is 20.9. The topological polar surface area (TPSA) is 119 Å². The van der Waals surface area contributed by atoms with Gasteiger partial charge in [-0.05, 0) is 48.5 Å². The zero-order chi connectivity index (χ0) is 27.1. The summed E-state index contributed by atoms with van der Waals surface area (Å²) in [5, 5.41) is 6.32. The third-order valence-electron chi connectivity index (χ3n) is 6.28. The van der Waals surface area contributed by atoms with Crippen LogP contribution in [0.2, 0.25) is 5.02 Å². The molecule has 0 atom stereocenters. The third-order valence-corrected chi connectivity index (χ3v) is 6.53. The van der Waals surface area contributed by atoms with E-state index in [0.717, 1.165) is 15.8 Å². The summed E-state index contributed by atoms with van der Waals surface area (Å²) in [4.78, 5) is 52.5. The highest BCUT2D eigenvalue weighted by Crippen LogP contribution is 2.36. The minimum atomic E-state index is -0.873. The number of aromatic nitrogens is 1. The van der Waals surface area contributed by atoms with E-state index in [1.54, 1.807) is 41.1 Å². The molecule has 5 amide bonds. The van der Waals surface area contributed by atoms with Gasteiger partial charge in [0.25, 0.3) is 11.8 Å². The van der Waals surface area contributed by atoms with Crippen molar-refractivity contribution in [3.8, 4) is 11.5 Å². The van der Waals surface area contributed by atoms with Gasteiger partial charge < -0.3 is 19.4 Å². The molecule has 0 radical (unpaired) electrons. The number of carbonyl (C=O) groups is 4. The first-order valence-corrected chi connectivity index (χ1v) is 12.2. The number of amides is 5. The van der Waals surface area contributed by atoms with Gasteiger partial charge in [-0.15, -0.1) is 0 Å². The van der Waals surface area contributed by atoms with Crippen LogP contribution in [0.4, 0.5) is 16.2 Å². The van der Waals surface area contributed by atoms with Crippen LogP contribution in [-0.4, -0.2) is 35.1 Å². The van der Waals surface area contributed by atoms with Crippen LogP contribution in [0.5, 0.6) is 11.5 Å². The molecule has 0 bridgehead atoms. The molecule has 6 rings (SSSR count). The van der Waals surface area contributed by atoms with Gasteiger partial charge in [0.1, 0.15) is 12.1 Å². The molecule has 3 heterocycles. The van der Waals surface area contributed by atoms with Crippen LogP contribution in [0.3, 0.4) is 0 Å². The summed E-state index contributed by atoms with van der Waals surface area (Å²) in [6.45, 7) is 0.0125. The molecule has 1 fully saturated rings. The van der Waals surface area contributed by atoms with E-state index in [9.17, 15) is 19.2 Å². The standard InChI is InChI=1S/C28H19ClN4O6/c29-17-5-7-18(8-6-17)30-25(34)14-32-13-16(20-3-1-2-4-22(20)32)11-21-26(35)31-28(37)33(27(21)36)19-9-10-23-24(12-19)39-15-38-23/h1-13H,14-15H2,(H,30,34)(H,31,35,37)/b21-11+. The number of ether oxygens (including phenoxy) is 2. The lowest BCUT2D eigenvalue weighted by Crippen LogP contribution is -2.54. The van der Waals surface area contributed by atoms with E-state index in [0.29, 0.717) is 27.8 Å². The highest BCUT2D eigenvalue weighted by molar-refractivity contribution is 6.39. The largest absolute Gasteiger partial charge is 0.454 e. The van der Waals surface area contributed by atoms with Gasteiger partial charge in [-0.3, -0.25) is 19.7 Å². The van der Waals surface area contributed by atoms with Crippen LogP contribution >= 0.6 is 11.6 Å². The highest BCUT2D eigenvalue weighted by Gasteiger charge is 2.37. The molecule has 10 nitrogen and oxygen atoms in total. The van der Waals surface area contributed by atoms with Gasteiger partial charge >= 0.3 is 6.03 Å². The molecular weight excluding hydrogens is 524 g/mol. The van der Waals surface area contributed by atoms with Gasteiger partial charge in [0.05, 0.1) is 5.69 Å². The monoisotopic (exact) mass is 542 g/mol. The number of barbiturate groups is 1. The Morgan fingerprint density at radius 3 is 2.59 bits per heavy atom. The molecule has 39 heavy (non-hydrogen) atoms. The summed E-state index contributed by atoms with van der Waals surface area (Å²) < 4.78 is 12.4. The van der Waals surface area contributed by atoms with Crippen molar-refractivity contribution in [2.75, 3.05) is 17.0 Å². The van der Waals surface area contributed by atoms with E-state index in [4.69, 9.17) is 21.1 Å².